The first-order valence-electron chi connectivity index (χ1n) is 5.55. The minimum absolute atomic E-state index is 0.755. The molecule has 90 valence electrons. The lowest BCUT2D eigenvalue weighted by Gasteiger charge is -2.05. The fourth-order valence-corrected chi connectivity index (χ4v) is 2.11. The molecule has 2 heterocycles. The van der Waals surface area contributed by atoms with Gasteiger partial charge in [0, 0.05) is 36.7 Å². The Bertz CT molecular complexity index is 507. The molecule has 2 rings (SSSR count). The van der Waals surface area contributed by atoms with Gasteiger partial charge in [-0.05, 0) is 34.0 Å². The summed E-state index contributed by atoms with van der Waals surface area (Å²) in [6, 6.07) is 2.06. The summed E-state index contributed by atoms with van der Waals surface area (Å²) in [7, 11) is 1.94. The van der Waals surface area contributed by atoms with Crippen molar-refractivity contribution in [1.82, 2.24) is 14.8 Å². The quantitative estimate of drug-likeness (QED) is 0.943. The number of pyridine rings is 1. The van der Waals surface area contributed by atoms with E-state index in [9.17, 15) is 0 Å². The van der Waals surface area contributed by atoms with Crippen LogP contribution < -0.4 is 5.32 Å². The lowest BCUT2D eigenvalue weighted by atomic mass is 10.2. The lowest BCUT2D eigenvalue weighted by molar-refractivity contribution is 0.746. The van der Waals surface area contributed by atoms with Crippen molar-refractivity contribution < 1.29 is 0 Å². The van der Waals surface area contributed by atoms with E-state index in [1.54, 1.807) is 6.20 Å². The molecule has 0 unspecified atom stereocenters. The Labute approximate surface area is 109 Å². The molecule has 0 fully saturated rings. The summed E-state index contributed by atoms with van der Waals surface area (Å²) < 4.78 is 2.83. The molecule has 0 spiro atoms. The Morgan fingerprint density at radius 1 is 1.41 bits per heavy atom. The van der Waals surface area contributed by atoms with Crippen molar-refractivity contribution in [3.8, 4) is 0 Å². The van der Waals surface area contributed by atoms with Crippen molar-refractivity contribution >= 4 is 21.6 Å². The maximum Gasteiger partial charge on any atom is 0.0853 e. The molecular formula is C12H15BrN4. The van der Waals surface area contributed by atoms with Crippen molar-refractivity contribution in [2.45, 2.75) is 19.9 Å². The van der Waals surface area contributed by atoms with Crippen LogP contribution in [0.3, 0.4) is 0 Å². The van der Waals surface area contributed by atoms with Crippen LogP contribution in [0, 0.1) is 0 Å². The van der Waals surface area contributed by atoms with Crippen LogP contribution >= 0.6 is 15.9 Å². The van der Waals surface area contributed by atoms with Gasteiger partial charge < -0.3 is 5.32 Å². The molecule has 0 aliphatic heterocycles. The van der Waals surface area contributed by atoms with Gasteiger partial charge >= 0.3 is 0 Å². The predicted octanol–water partition coefficient (Wildman–Crippen LogP) is 2.75. The van der Waals surface area contributed by atoms with Crippen LogP contribution in [0.4, 0.5) is 5.69 Å². The highest BCUT2D eigenvalue weighted by molar-refractivity contribution is 9.10. The van der Waals surface area contributed by atoms with Crippen molar-refractivity contribution in [2.24, 2.45) is 7.05 Å². The van der Waals surface area contributed by atoms with Crippen molar-refractivity contribution in [3.63, 3.8) is 0 Å². The average Bonchev–Trinajstić information content (AvgIpc) is 2.67. The van der Waals surface area contributed by atoms with Gasteiger partial charge in [-0.15, -0.1) is 0 Å². The topological polar surface area (TPSA) is 42.7 Å². The third-order valence-electron chi connectivity index (χ3n) is 2.48. The number of aryl methyl sites for hydroxylation is 2. The van der Waals surface area contributed by atoms with Gasteiger partial charge in [0.2, 0.25) is 0 Å². The number of nitrogens with zero attached hydrogens (tertiary/aromatic N) is 3. The number of aromatic nitrogens is 3. The lowest BCUT2D eigenvalue weighted by Crippen LogP contribution is -2.01. The maximum atomic E-state index is 4.39. The summed E-state index contributed by atoms with van der Waals surface area (Å²) in [5, 5.41) is 7.77. The molecule has 0 saturated heterocycles. The van der Waals surface area contributed by atoms with Crippen LogP contribution in [-0.2, 0) is 20.0 Å². The number of halogens is 1. The van der Waals surface area contributed by atoms with Gasteiger partial charge in [0.25, 0.3) is 0 Å². The van der Waals surface area contributed by atoms with Crippen LogP contribution in [0.5, 0.6) is 0 Å². The molecule has 0 aliphatic carbocycles. The molecule has 0 bridgehead atoms. The first-order valence-corrected chi connectivity index (χ1v) is 6.34. The van der Waals surface area contributed by atoms with E-state index in [0.29, 0.717) is 0 Å². The average molecular weight is 295 g/mol. The Kier molecular flexibility index (Phi) is 3.78. The standard InChI is InChI=1S/C12H15BrN4/c1-3-11-12(8-17(2)16-11)15-6-9-4-10(13)7-14-5-9/h4-5,7-8,15H,3,6H2,1-2H3. The summed E-state index contributed by atoms with van der Waals surface area (Å²) in [6.07, 6.45) is 6.58. The van der Waals surface area contributed by atoms with Gasteiger partial charge in [-0.1, -0.05) is 6.92 Å². The normalized spacial score (nSPS) is 10.5. The zero-order valence-corrected chi connectivity index (χ0v) is 11.5. The number of hydrogen-bond acceptors (Lipinski definition) is 3. The second-order valence-corrected chi connectivity index (χ2v) is 4.80. The number of rotatable bonds is 4. The van der Waals surface area contributed by atoms with Gasteiger partial charge in [-0.2, -0.15) is 5.10 Å². The molecule has 0 atom stereocenters. The van der Waals surface area contributed by atoms with E-state index in [0.717, 1.165) is 34.4 Å². The molecule has 5 heteroatoms. The number of nitrogens with one attached hydrogen (secondary N) is 1. The van der Waals surface area contributed by atoms with Crippen molar-refractivity contribution in [1.29, 1.82) is 0 Å². The monoisotopic (exact) mass is 294 g/mol. The smallest absolute Gasteiger partial charge is 0.0853 e. The molecule has 1 N–H and O–H groups in total. The highest BCUT2D eigenvalue weighted by atomic mass is 79.9. The molecular weight excluding hydrogens is 280 g/mol. The van der Waals surface area contributed by atoms with Crippen LogP contribution in [0.25, 0.3) is 0 Å². The Morgan fingerprint density at radius 3 is 2.94 bits per heavy atom. The van der Waals surface area contributed by atoms with Crippen LogP contribution in [0.2, 0.25) is 0 Å². The van der Waals surface area contributed by atoms with E-state index in [4.69, 9.17) is 0 Å². The van der Waals surface area contributed by atoms with Crippen LogP contribution in [-0.4, -0.2) is 14.8 Å². The van der Waals surface area contributed by atoms with Gasteiger partial charge in [-0.3, -0.25) is 9.67 Å². The third kappa shape index (κ3) is 3.06. The van der Waals surface area contributed by atoms with Gasteiger partial charge in [0.15, 0.2) is 0 Å². The molecule has 0 aromatic carbocycles. The fourth-order valence-electron chi connectivity index (χ4n) is 1.69. The van der Waals surface area contributed by atoms with E-state index >= 15 is 0 Å². The van der Waals surface area contributed by atoms with Gasteiger partial charge in [0.1, 0.15) is 0 Å². The largest absolute Gasteiger partial charge is 0.378 e. The van der Waals surface area contributed by atoms with Crippen molar-refractivity contribution in [3.05, 3.63) is 40.4 Å². The van der Waals surface area contributed by atoms with E-state index < -0.39 is 0 Å². The van der Waals surface area contributed by atoms with Gasteiger partial charge in [-0.25, -0.2) is 0 Å². The molecule has 0 aliphatic rings. The molecule has 2 aromatic rings. The first kappa shape index (κ1) is 12.1. The highest BCUT2D eigenvalue weighted by Crippen LogP contribution is 2.16. The molecule has 17 heavy (non-hydrogen) atoms. The zero-order valence-electron chi connectivity index (χ0n) is 9.94. The molecule has 4 nitrogen and oxygen atoms in total. The first-order chi connectivity index (χ1) is 8.19. The summed E-state index contributed by atoms with van der Waals surface area (Å²) in [6.45, 7) is 2.86. The predicted molar refractivity (Wildman–Crippen MR) is 71.8 cm³/mol. The van der Waals surface area contributed by atoms with Crippen LogP contribution in [0.15, 0.2) is 29.1 Å². The highest BCUT2D eigenvalue weighted by Gasteiger charge is 2.05. The second kappa shape index (κ2) is 5.31. The summed E-state index contributed by atoms with van der Waals surface area (Å²) in [5.41, 5.74) is 3.33. The summed E-state index contributed by atoms with van der Waals surface area (Å²) in [4.78, 5) is 4.14. The maximum absolute atomic E-state index is 4.39. The Hall–Kier alpha value is -1.36. The molecule has 0 amide bonds. The van der Waals surface area contributed by atoms with E-state index in [1.165, 1.54) is 0 Å². The van der Waals surface area contributed by atoms with Gasteiger partial charge in [0.05, 0.1) is 11.4 Å². The fraction of sp³-hybridized carbons (Fsp3) is 0.333. The third-order valence-corrected chi connectivity index (χ3v) is 2.92. The minimum Gasteiger partial charge on any atom is -0.378 e. The number of anilines is 1. The summed E-state index contributed by atoms with van der Waals surface area (Å²) >= 11 is 3.41. The number of hydrogen-bond donors (Lipinski definition) is 1. The molecule has 0 saturated carbocycles. The Morgan fingerprint density at radius 2 is 2.24 bits per heavy atom. The molecule has 2 aromatic heterocycles. The van der Waals surface area contributed by atoms with E-state index in [2.05, 4.69) is 44.3 Å². The van der Waals surface area contributed by atoms with E-state index in [1.807, 2.05) is 24.1 Å². The van der Waals surface area contributed by atoms with E-state index in [-0.39, 0.29) is 0 Å². The Balaban J connectivity index is 2.06. The minimum atomic E-state index is 0.755. The van der Waals surface area contributed by atoms with Crippen molar-refractivity contribution in [2.75, 3.05) is 5.32 Å². The summed E-state index contributed by atoms with van der Waals surface area (Å²) in [5.74, 6) is 0. The molecule has 0 radical (unpaired) electrons. The second-order valence-electron chi connectivity index (χ2n) is 3.88. The van der Waals surface area contributed by atoms with Crippen LogP contribution in [0.1, 0.15) is 18.2 Å². The SMILES string of the molecule is CCc1nn(C)cc1NCc1cncc(Br)c1. The zero-order chi connectivity index (χ0) is 12.3.